The molecule has 0 saturated heterocycles. The Morgan fingerprint density at radius 2 is 2.24 bits per heavy atom. The van der Waals surface area contributed by atoms with Crippen LogP contribution in [0.5, 0.6) is 0 Å². The van der Waals surface area contributed by atoms with Crippen LogP contribution in [0.25, 0.3) is 21.3 Å². The highest BCUT2D eigenvalue weighted by atomic mass is 32.1. The van der Waals surface area contributed by atoms with Crippen molar-refractivity contribution in [3.05, 3.63) is 41.4 Å². The fourth-order valence-corrected chi connectivity index (χ4v) is 2.50. The maximum absolute atomic E-state index is 10.9. The number of nitrogens with zero attached hydrogens (tertiary/aromatic N) is 1. The van der Waals surface area contributed by atoms with Crippen molar-refractivity contribution in [2.45, 2.75) is 0 Å². The topological polar surface area (TPSA) is 66.0 Å². The van der Waals surface area contributed by atoms with Gasteiger partial charge in [-0.25, -0.2) is 4.79 Å². The molecule has 0 fully saturated rings. The maximum atomic E-state index is 10.9. The van der Waals surface area contributed by atoms with Crippen molar-refractivity contribution in [1.29, 1.82) is 0 Å². The number of carbonyl (C=O) groups is 1. The van der Waals surface area contributed by atoms with Gasteiger partial charge in [-0.3, -0.25) is 5.10 Å². The summed E-state index contributed by atoms with van der Waals surface area (Å²) in [6.07, 6.45) is 0. The number of hydrogen-bond donors (Lipinski definition) is 2. The van der Waals surface area contributed by atoms with Crippen molar-refractivity contribution >= 4 is 28.2 Å². The lowest BCUT2D eigenvalue weighted by atomic mass is 10.1. The van der Waals surface area contributed by atoms with Gasteiger partial charge in [-0.2, -0.15) is 5.10 Å². The monoisotopic (exact) mass is 244 g/mol. The Morgan fingerprint density at radius 1 is 1.35 bits per heavy atom. The van der Waals surface area contributed by atoms with Crippen LogP contribution in [0.3, 0.4) is 0 Å². The highest BCUT2D eigenvalue weighted by Crippen LogP contribution is 2.28. The molecule has 2 N–H and O–H groups in total. The predicted octanol–water partition coefficient (Wildman–Crippen LogP) is 2.99. The molecule has 0 saturated carbocycles. The van der Waals surface area contributed by atoms with E-state index in [9.17, 15) is 4.79 Å². The normalized spacial score (nSPS) is 10.8. The number of fused-ring (bicyclic) bond motifs is 1. The highest BCUT2D eigenvalue weighted by Gasteiger charge is 2.12. The molecule has 0 atom stereocenters. The van der Waals surface area contributed by atoms with Gasteiger partial charge in [-0.05, 0) is 29.1 Å². The molecule has 0 spiro atoms. The molecule has 1 aromatic carbocycles. The van der Waals surface area contributed by atoms with E-state index in [1.54, 1.807) is 17.4 Å². The van der Waals surface area contributed by atoms with Crippen molar-refractivity contribution < 1.29 is 9.90 Å². The molecule has 3 aromatic rings. The minimum atomic E-state index is -1.01. The minimum absolute atomic E-state index is 0.0673. The molecular formula is C12H8N2O2S. The van der Waals surface area contributed by atoms with Crippen molar-refractivity contribution in [3.63, 3.8) is 0 Å². The first kappa shape index (κ1) is 10.0. The molecule has 3 rings (SSSR count). The van der Waals surface area contributed by atoms with Crippen LogP contribution in [0, 0.1) is 0 Å². The number of benzene rings is 1. The summed E-state index contributed by atoms with van der Waals surface area (Å²) in [4.78, 5) is 12.1. The van der Waals surface area contributed by atoms with Crippen molar-refractivity contribution in [2.75, 3.05) is 0 Å². The molecule has 84 valence electrons. The molecule has 17 heavy (non-hydrogen) atoms. The van der Waals surface area contributed by atoms with Crippen LogP contribution in [-0.4, -0.2) is 21.3 Å². The van der Waals surface area contributed by atoms with E-state index < -0.39 is 5.97 Å². The molecule has 0 aliphatic carbocycles. The van der Waals surface area contributed by atoms with Gasteiger partial charge in [0, 0.05) is 10.3 Å². The number of thiophene rings is 1. The second kappa shape index (κ2) is 3.71. The average molecular weight is 244 g/mol. The number of aromatic amines is 1. The van der Waals surface area contributed by atoms with Crippen LogP contribution in [0.4, 0.5) is 0 Å². The van der Waals surface area contributed by atoms with Crippen LogP contribution in [0.15, 0.2) is 35.7 Å². The van der Waals surface area contributed by atoms with Crippen molar-refractivity contribution in [3.8, 4) is 10.4 Å². The largest absolute Gasteiger partial charge is 0.476 e. The fraction of sp³-hybridized carbons (Fsp3) is 0. The third-order valence-electron chi connectivity index (χ3n) is 2.57. The molecule has 4 nitrogen and oxygen atoms in total. The van der Waals surface area contributed by atoms with E-state index in [-0.39, 0.29) is 5.69 Å². The van der Waals surface area contributed by atoms with Crippen LogP contribution >= 0.6 is 11.3 Å². The molecule has 2 heterocycles. The summed E-state index contributed by atoms with van der Waals surface area (Å²) < 4.78 is 0. The van der Waals surface area contributed by atoms with E-state index in [0.29, 0.717) is 5.39 Å². The summed E-state index contributed by atoms with van der Waals surface area (Å²) in [5, 5.41) is 18.1. The lowest BCUT2D eigenvalue weighted by Crippen LogP contribution is -1.96. The Bertz CT molecular complexity index is 686. The lowest BCUT2D eigenvalue weighted by molar-refractivity contribution is 0.0692. The molecule has 0 unspecified atom stereocenters. The first-order chi connectivity index (χ1) is 8.25. The second-order valence-corrected chi connectivity index (χ2v) is 4.56. The Balaban J connectivity index is 2.18. The number of nitrogens with one attached hydrogen (secondary N) is 1. The third-order valence-corrected chi connectivity index (χ3v) is 3.49. The van der Waals surface area contributed by atoms with E-state index in [1.807, 2.05) is 29.6 Å². The van der Waals surface area contributed by atoms with Gasteiger partial charge < -0.3 is 5.11 Å². The number of rotatable bonds is 2. The van der Waals surface area contributed by atoms with Crippen LogP contribution in [0.1, 0.15) is 10.5 Å². The van der Waals surface area contributed by atoms with Crippen LogP contribution in [0.2, 0.25) is 0 Å². The van der Waals surface area contributed by atoms with Gasteiger partial charge >= 0.3 is 5.97 Å². The highest BCUT2D eigenvalue weighted by molar-refractivity contribution is 7.13. The van der Waals surface area contributed by atoms with Gasteiger partial charge in [0.2, 0.25) is 0 Å². The van der Waals surface area contributed by atoms with E-state index in [4.69, 9.17) is 5.11 Å². The molecule has 0 aliphatic heterocycles. The first-order valence-electron chi connectivity index (χ1n) is 5.01. The zero-order valence-corrected chi connectivity index (χ0v) is 9.49. The van der Waals surface area contributed by atoms with Crippen molar-refractivity contribution in [2.24, 2.45) is 0 Å². The molecule has 0 amide bonds. The molecule has 5 heteroatoms. The number of hydrogen-bond acceptors (Lipinski definition) is 3. The average Bonchev–Trinajstić information content (AvgIpc) is 2.97. The van der Waals surface area contributed by atoms with E-state index in [0.717, 1.165) is 16.0 Å². The standard InChI is InChI=1S/C12H8N2O2S/c15-12(16)11-8-4-3-7(6-9(8)13-14-11)10-2-1-5-17-10/h1-6H,(H,13,14)(H,15,16). The zero-order chi connectivity index (χ0) is 11.8. The van der Waals surface area contributed by atoms with E-state index in [1.165, 1.54) is 0 Å². The fourth-order valence-electron chi connectivity index (χ4n) is 1.78. The predicted molar refractivity (Wildman–Crippen MR) is 66.4 cm³/mol. The summed E-state index contributed by atoms with van der Waals surface area (Å²) in [6, 6.07) is 9.63. The van der Waals surface area contributed by atoms with E-state index in [2.05, 4.69) is 10.2 Å². The minimum Gasteiger partial charge on any atom is -0.476 e. The maximum Gasteiger partial charge on any atom is 0.357 e. The summed E-state index contributed by atoms with van der Waals surface area (Å²) in [5.74, 6) is -1.01. The number of carboxylic acid groups (broad SMARTS) is 1. The zero-order valence-electron chi connectivity index (χ0n) is 8.68. The Morgan fingerprint density at radius 3 is 2.94 bits per heavy atom. The molecule has 0 radical (unpaired) electrons. The number of aromatic nitrogens is 2. The van der Waals surface area contributed by atoms with Gasteiger partial charge in [0.25, 0.3) is 0 Å². The van der Waals surface area contributed by atoms with Gasteiger partial charge in [-0.15, -0.1) is 11.3 Å². The third kappa shape index (κ3) is 1.60. The summed E-state index contributed by atoms with van der Waals surface area (Å²) in [6.45, 7) is 0. The lowest BCUT2D eigenvalue weighted by Gasteiger charge is -1.97. The molecule has 0 aliphatic rings. The first-order valence-corrected chi connectivity index (χ1v) is 5.89. The number of aromatic carboxylic acids is 1. The van der Waals surface area contributed by atoms with Gasteiger partial charge in [0.05, 0.1) is 5.52 Å². The SMILES string of the molecule is O=C(O)c1n[nH]c2cc(-c3cccs3)ccc12. The molecule has 0 bridgehead atoms. The Hall–Kier alpha value is -2.14. The summed E-state index contributed by atoms with van der Waals surface area (Å²) in [7, 11) is 0. The van der Waals surface area contributed by atoms with Gasteiger partial charge in [0.1, 0.15) is 0 Å². The van der Waals surface area contributed by atoms with Gasteiger partial charge in [-0.1, -0.05) is 12.1 Å². The van der Waals surface area contributed by atoms with Crippen molar-refractivity contribution in [1.82, 2.24) is 10.2 Å². The van der Waals surface area contributed by atoms with Gasteiger partial charge in [0.15, 0.2) is 5.69 Å². The Labute approximate surface area is 101 Å². The van der Waals surface area contributed by atoms with Crippen LogP contribution < -0.4 is 0 Å². The quantitative estimate of drug-likeness (QED) is 0.728. The van der Waals surface area contributed by atoms with Crippen LogP contribution in [-0.2, 0) is 0 Å². The number of carboxylic acids is 1. The van der Waals surface area contributed by atoms with E-state index >= 15 is 0 Å². The second-order valence-electron chi connectivity index (χ2n) is 3.62. The summed E-state index contributed by atoms with van der Waals surface area (Å²) >= 11 is 1.65. The molecule has 2 aromatic heterocycles. The summed E-state index contributed by atoms with van der Waals surface area (Å²) in [5.41, 5.74) is 1.87. The smallest absolute Gasteiger partial charge is 0.357 e. The molecular weight excluding hydrogens is 236 g/mol. The number of H-pyrrole nitrogens is 1. The Kier molecular flexibility index (Phi) is 2.19.